The third kappa shape index (κ3) is 5.18. The predicted octanol–water partition coefficient (Wildman–Crippen LogP) is 1.81. The Morgan fingerprint density at radius 3 is 2.83 bits per heavy atom. The van der Waals surface area contributed by atoms with E-state index in [1.807, 2.05) is 13.0 Å². The molecule has 3 N–H and O–H groups in total. The number of carbonyl (C=O) groups excluding carboxylic acids is 1. The van der Waals surface area contributed by atoms with Gasteiger partial charge in [-0.05, 0) is 24.1 Å². The van der Waals surface area contributed by atoms with Gasteiger partial charge in [0.2, 0.25) is 5.91 Å². The monoisotopic (exact) mass is 332 g/mol. The second-order valence-electron chi connectivity index (χ2n) is 3.93. The summed E-state index contributed by atoms with van der Waals surface area (Å²) in [5.41, 5.74) is 7.17. The van der Waals surface area contributed by atoms with Crippen molar-refractivity contribution in [3.63, 3.8) is 0 Å². The molecule has 0 spiro atoms. The second-order valence-corrected chi connectivity index (χ2v) is 6.24. The molecule has 0 heterocycles. The van der Waals surface area contributed by atoms with Crippen molar-refractivity contribution >= 4 is 38.3 Å². The van der Waals surface area contributed by atoms with E-state index in [1.54, 1.807) is 12.1 Å². The van der Waals surface area contributed by atoms with E-state index < -0.39 is 10.8 Å². The minimum Gasteiger partial charge on any atom is -0.399 e. The normalized spacial score (nSPS) is 12.1. The van der Waals surface area contributed by atoms with Gasteiger partial charge in [-0.2, -0.15) is 0 Å². The zero-order valence-electron chi connectivity index (χ0n) is 10.2. The summed E-state index contributed by atoms with van der Waals surface area (Å²) in [4.78, 5) is 11.4. The van der Waals surface area contributed by atoms with E-state index in [-0.39, 0.29) is 11.7 Å². The Labute approximate surface area is 118 Å². The van der Waals surface area contributed by atoms with Crippen molar-refractivity contribution in [3.05, 3.63) is 28.2 Å². The van der Waals surface area contributed by atoms with Crippen molar-refractivity contribution in [3.8, 4) is 0 Å². The summed E-state index contributed by atoms with van der Waals surface area (Å²) in [5, 5.41) is 2.71. The molecule has 0 fully saturated rings. The van der Waals surface area contributed by atoms with E-state index in [0.717, 1.165) is 16.5 Å². The van der Waals surface area contributed by atoms with Gasteiger partial charge in [-0.15, -0.1) is 0 Å². The van der Waals surface area contributed by atoms with Crippen LogP contribution in [0.5, 0.6) is 0 Å². The summed E-state index contributed by atoms with van der Waals surface area (Å²) in [5.74, 6) is 0.221. The lowest BCUT2D eigenvalue weighted by molar-refractivity contribution is -0.118. The quantitative estimate of drug-likeness (QED) is 0.780. The molecule has 0 aliphatic carbocycles. The van der Waals surface area contributed by atoms with Gasteiger partial charge >= 0.3 is 0 Å². The van der Waals surface area contributed by atoms with Crippen LogP contribution in [0.3, 0.4) is 0 Å². The van der Waals surface area contributed by atoms with Gasteiger partial charge in [-0.1, -0.05) is 28.9 Å². The van der Waals surface area contributed by atoms with Crippen LogP contribution in [0, 0.1) is 0 Å². The highest BCUT2D eigenvalue weighted by Gasteiger charge is 2.10. The maximum absolute atomic E-state index is 11.8. The Hall–Kier alpha value is -0.880. The molecule has 1 amide bonds. The van der Waals surface area contributed by atoms with Gasteiger partial charge in [0.1, 0.15) is 5.75 Å². The average Bonchev–Trinajstić information content (AvgIpc) is 2.30. The smallest absolute Gasteiger partial charge is 0.232 e. The van der Waals surface area contributed by atoms with Crippen molar-refractivity contribution in [2.24, 2.45) is 0 Å². The first kappa shape index (κ1) is 15.2. The summed E-state index contributed by atoms with van der Waals surface area (Å²) >= 11 is 3.37. The highest BCUT2D eigenvalue weighted by atomic mass is 79.9. The molecule has 4 nitrogen and oxygen atoms in total. The molecule has 0 saturated heterocycles. The van der Waals surface area contributed by atoms with Crippen LogP contribution in [0.25, 0.3) is 0 Å². The molecule has 0 radical (unpaired) electrons. The molecule has 0 aliphatic heterocycles. The molecule has 6 heteroatoms. The molecule has 100 valence electrons. The number of anilines is 1. The molecular weight excluding hydrogens is 316 g/mol. The third-order valence-electron chi connectivity index (χ3n) is 2.26. The number of amides is 1. The number of hydrogen-bond acceptors (Lipinski definition) is 3. The zero-order valence-corrected chi connectivity index (χ0v) is 12.6. The number of hydrogen-bond donors (Lipinski definition) is 2. The summed E-state index contributed by atoms with van der Waals surface area (Å²) in [6.45, 7) is 2.60. The lowest BCUT2D eigenvalue weighted by Gasteiger charge is -2.06. The maximum atomic E-state index is 11.8. The number of nitrogen functional groups attached to an aromatic ring is 1. The number of carbonyl (C=O) groups is 1. The van der Waals surface area contributed by atoms with Crippen LogP contribution in [0.4, 0.5) is 5.69 Å². The fourth-order valence-electron chi connectivity index (χ4n) is 1.37. The molecule has 0 saturated carbocycles. The minimum absolute atomic E-state index is 0.0385. The molecular formula is C12H17BrN2O2S. The highest BCUT2D eigenvalue weighted by molar-refractivity contribution is 9.10. The average molecular weight is 333 g/mol. The van der Waals surface area contributed by atoms with Crippen molar-refractivity contribution < 1.29 is 9.00 Å². The largest absolute Gasteiger partial charge is 0.399 e. The van der Waals surface area contributed by atoms with E-state index in [1.165, 1.54) is 0 Å². The third-order valence-corrected chi connectivity index (χ3v) is 4.21. The molecule has 0 aliphatic rings. The topological polar surface area (TPSA) is 72.2 Å². The number of nitrogens with one attached hydrogen (secondary N) is 1. The van der Waals surface area contributed by atoms with Gasteiger partial charge in [0.25, 0.3) is 0 Å². The predicted molar refractivity (Wildman–Crippen MR) is 78.6 cm³/mol. The Morgan fingerprint density at radius 1 is 1.50 bits per heavy atom. The Balaban J connectivity index is 2.51. The first-order valence-electron chi connectivity index (χ1n) is 5.68. The maximum Gasteiger partial charge on any atom is 0.232 e. The van der Waals surface area contributed by atoms with E-state index in [9.17, 15) is 9.00 Å². The second kappa shape index (κ2) is 7.53. The summed E-state index contributed by atoms with van der Waals surface area (Å²) in [6.07, 6.45) is 0.877. The van der Waals surface area contributed by atoms with Crippen LogP contribution in [-0.4, -0.2) is 22.4 Å². The van der Waals surface area contributed by atoms with Crippen LogP contribution < -0.4 is 11.1 Å². The fraction of sp³-hybridized carbons (Fsp3) is 0.417. The first-order valence-corrected chi connectivity index (χ1v) is 7.96. The number of benzene rings is 1. The van der Waals surface area contributed by atoms with E-state index in [0.29, 0.717) is 18.0 Å². The minimum atomic E-state index is -1.20. The molecule has 1 unspecified atom stereocenters. The van der Waals surface area contributed by atoms with Gasteiger partial charge in [-0.3, -0.25) is 9.00 Å². The van der Waals surface area contributed by atoms with Gasteiger partial charge in [0.05, 0.1) is 5.75 Å². The number of nitrogens with two attached hydrogens (primary N) is 1. The summed E-state index contributed by atoms with van der Waals surface area (Å²) in [7, 11) is -1.20. The fourth-order valence-corrected chi connectivity index (χ4v) is 3.18. The Morgan fingerprint density at radius 2 is 2.22 bits per heavy atom. The zero-order chi connectivity index (χ0) is 13.5. The van der Waals surface area contributed by atoms with Crippen molar-refractivity contribution in [2.75, 3.05) is 18.0 Å². The van der Waals surface area contributed by atoms with Crippen LogP contribution in [0.2, 0.25) is 0 Å². The van der Waals surface area contributed by atoms with Gasteiger partial charge < -0.3 is 11.1 Å². The Bertz CT molecular complexity index is 452. The van der Waals surface area contributed by atoms with Crippen LogP contribution in [0.15, 0.2) is 22.7 Å². The van der Waals surface area contributed by atoms with Gasteiger partial charge in [0.15, 0.2) is 0 Å². The van der Waals surface area contributed by atoms with E-state index in [2.05, 4.69) is 21.2 Å². The highest BCUT2D eigenvalue weighted by Crippen LogP contribution is 2.21. The lowest BCUT2D eigenvalue weighted by Crippen LogP contribution is -2.29. The first-order chi connectivity index (χ1) is 8.52. The molecule has 1 aromatic carbocycles. The van der Waals surface area contributed by atoms with Crippen LogP contribution >= 0.6 is 15.9 Å². The van der Waals surface area contributed by atoms with Gasteiger partial charge in [0, 0.05) is 27.5 Å². The van der Waals surface area contributed by atoms with E-state index >= 15 is 0 Å². The standard InChI is InChI=1S/C12H17BrN2O2S/c1-2-5-15-12(16)8-18(17)7-9-3-4-10(14)6-11(9)13/h3-4,6H,2,5,7-8,14H2,1H3,(H,15,16). The van der Waals surface area contributed by atoms with Crippen molar-refractivity contribution in [1.29, 1.82) is 0 Å². The number of halogens is 1. The Kier molecular flexibility index (Phi) is 6.35. The molecule has 18 heavy (non-hydrogen) atoms. The van der Waals surface area contributed by atoms with Crippen LogP contribution in [-0.2, 0) is 21.3 Å². The lowest BCUT2D eigenvalue weighted by atomic mass is 10.2. The van der Waals surface area contributed by atoms with Crippen molar-refractivity contribution in [1.82, 2.24) is 5.32 Å². The number of rotatable bonds is 6. The molecule has 1 atom stereocenters. The molecule has 1 rings (SSSR count). The summed E-state index contributed by atoms with van der Waals surface area (Å²) < 4.78 is 12.6. The molecule has 1 aromatic rings. The van der Waals surface area contributed by atoms with E-state index in [4.69, 9.17) is 5.73 Å². The molecule has 0 aromatic heterocycles. The molecule has 0 bridgehead atoms. The van der Waals surface area contributed by atoms with Crippen molar-refractivity contribution in [2.45, 2.75) is 19.1 Å². The SMILES string of the molecule is CCCNC(=O)CS(=O)Cc1ccc(N)cc1Br. The van der Waals surface area contributed by atoms with Crippen LogP contribution in [0.1, 0.15) is 18.9 Å². The van der Waals surface area contributed by atoms with Gasteiger partial charge in [-0.25, -0.2) is 0 Å². The summed E-state index contributed by atoms with van der Waals surface area (Å²) in [6, 6.07) is 5.35.